The summed E-state index contributed by atoms with van der Waals surface area (Å²) in [6, 6.07) is 0.636. The number of rotatable bonds is 11. The molecule has 1 saturated heterocycles. The molecule has 1 amide bonds. The van der Waals surface area contributed by atoms with E-state index in [2.05, 4.69) is 53.1 Å². The first-order valence-electron chi connectivity index (χ1n) is 12.3. The minimum Gasteiger partial charge on any atom is -0.450 e. The Hall–Kier alpha value is -1.59. The number of nitrogens with zero attached hydrogens (tertiary/aromatic N) is 5. The van der Waals surface area contributed by atoms with Gasteiger partial charge in [0.15, 0.2) is 5.96 Å². The van der Waals surface area contributed by atoms with E-state index in [9.17, 15) is 4.79 Å². The number of ether oxygens (including phenoxy) is 1. The number of carbonyl (C=O) groups is 1. The number of hydrogen-bond donors (Lipinski definition) is 2. The lowest BCUT2D eigenvalue weighted by Crippen LogP contribution is -2.51. The lowest BCUT2D eigenvalue weighted by atomic mass is 10.0. The van der Waals surface area contributed by atoms with E-state index in [1.54, 1.807) is 11.2 Å². The summed E-state index contributed by atoms with van der Waals surface area (Å²) >= 11 is 0. The molecule has 0 spiro atoms. The molecule has 2 N–H and O–H groups in total. The van der Waals surface area contributed by atoms with Gasteiger partial charge in [0.2, 0.25) is 0 Å². The summed E-state index contributed by atoms with van der Waals surface area (Å²) in [6.45, 7) is 13.9. The Labute approximate surface area is 216 Å². The molecule has 0 bridgehead atoms. The van der Waals surface area contributed by atoms with Crippen LogP contribution in [0.3, 0.4) is 0 Å². The molecule has 2 rings (SSSR count). The van der Waals surface area contributed by atoms with E-state index in [-0.39, 0.29) is 36.1 Å². The van der Waals surface area contributed by atoms with Crippen molar-refractivity contribution in [1.82, 2.24) is 30.3 Å². The number of amides is 1. The fraction of sp³-hybridized carbons (Fsp3) is 0.826. The van der Waals surface area contributed by atoms with Crippen molar-refractivity contribution in [1.29, 1.82) is 0 Å². The Balaban J connectivity index is 0.00000544. The minimum absolute atomic E-state index is 0. The number of piperidine rings is 1. The number of hydrogen-bond acceptors (Lipinski definition) is 5. The molecular weight excluding hydrogens is 533 g/mol. The monoisotopic (exact) mass is 577 g/mol. The molecule has 10 heteroatoms. The van der Waals surface area contributed by atoms with E-state index in [1.807, 2.05) is 6.92 Å². The van der Waals surface area contributed by atoms with Crippen molar-refractivity contribution >= 4 is 36.0 Å². The summed E-state index contributed by atoms with van der Waals surface area (Å²) in [5.41, 5.74) is 0. The average molecular weight is 578 g/mol. The number of aryl methyl sites for hydroxylation is 1. The van der Waals surface area contributed by atoms with Crippen LogP contribution in [0, 0.1) is 5.92 Å². The molecule has 9 nitrogen and oxygen atoms in total. The Morgan fingerprint density at radius 1 is 1.24 bits per heavy atom. The maximum Gasteiger partial charge on any atom is 0.409 e. The van der Waals surface area contributed by atoms with Crippen molar-refractivity contribution in [2.24, 2.45) is 10.9 Å². The van der Waals surface area contributed by atoms with Gasteiger partial charge in [-0.15, -0.1) is 34.2 Å². The number of aromatic nitrogens is 3. The van der Waals surface area contributed by atoms with E-state index >= 15 is 0 Å². The fourth-order valence-corrected chi connectivity index (χ4v) is 3.89. The van der Waals surface area contributed by atoms with Gasteiger partial charge >= 0.3 is 6.09 Å². The van der Waals surface area contributed by atoms with Crippen molar-refractivity contribution in [2.45, 2.75) is 91.8 Å². The number of aliphatic imine (C=N–C) groups is 1. The number of nitrogens with one attached hydrogen (secondary N) is 2. The highest BCUT2D eigenvalue weighted by molar-refractivity contribution is 14.0. The van der Waals surface area contributed by atoms with Gasteiger partial charge < -0.3 is 24.8 Å². The molecular formula is C23H44IN7O2. The molecule has 1 fully saturated rings. The van der Waals surface area contributed by atoms with Crippen LogP contribution in [0.15, 0.2) is 11.3 Å². The van der Waals surface area contributed by atoms with Gasteiger partial charge in [-0.05, 0) is 39.0 Å². The first kappa shape index (κ1) is 29.4. The molecule has 0 aromatic carbocycles. The van der Waals surface area contributed by atoms with Crippen molar-refractivity contribution in [3.05, 3.63) is 12.2 Å². The maximum atomic E-state index is 12.0. The van der Waals surface area contributed by atoms with Crippen LogP contribution >= 0.6 is 24.0 Å². The largest absolute Gasteiger partial charge is 0.450 e. The standard InChI is InChI=1S/C23H43N7O2.HI/c1-6-21-28-25-17-30(21)16-13-24-22(26-19(5)10-8-9-18(3)4)27-20-11-14-29(15-12-20)23(31)32-7-2;/h17-20H,6-16H2,1-5H3,(H2,24,26,27);1H. The van der Waals surface area contributed by atoms with Crippen LogP contribution in [0.2, 0.25) is 0 Å². The fourth-order valence-electron chi connectivity index (χ4n) is 3.89. The highest BCUT2D eigenvalue weighted by atomic mass is 127. The van der Waals surface area contributed by atoms with Crippen LogP contribution in [0.4, 0.5) is 4.79 Å². The number of likely N-dealkylation sites (tertiary alicyclic amines) is 1. The zero-order valence-corrected chi connectivity index (χ0v) is 23.4. The van der Waals surface area contributed by atoms with Gasteiger partial charge in [-0.25, -0.2) is 4.79 Å². The number of halogens is 1. The third kappa shape index (κ3) is 10.9. The number of carbonyl (C=O) groups excluding carboxylic acids is 1. The molecule has 1 aromatic rings. The molecule has 1 aliphatic heterocycles. The van der Waals surface area contributed by atoms with Crippen molar-refractivity contribution in [3.8, 4) is 0 Å². The molecule has 2 heterocycles. The second-order valence-corrected chi connectivity index (χ2v) is 9.00. The Morgan fingerprint density at radius 2 is 1.97 bits per heavy atom. The highest BCUT2D eigenvalue weighted by Gasteiger charge is 2.24. The third-order valence-electron chi connectivity index (χ3n) is 5.79. The van der Waals surface area contributed by atoms with E-state index in [4.69, 9.17) is 9.73 Å². The van der Waals surface area contributed by atoms with Crippen molar-refractivity contribution < 1.29 is 9.53 Å². The molecule has 1 unspecified atom stereocenters. The Bertz CT molecular complexity index is 703. The number of guanidine groups is 1. The van der Waals surface area contributed by atoms with Crippen LogP contribution in [-0.4, -0.2) is 70.0 Å². The topological polar surface area (TPSA) is 96.7 Å². The van der Waals surface area contributed by atoms with E-state index < -0.39 is 0 Å². The molecule has 1 atom stereocenters. The van der Waals surface area contributed by atoms with E-state index in [0.717, 1.165) is 49.9 Å². The zero-order valence-electron chi connectivity index (χ0n) is 21.0. The SMILES string of the molecule is CCOC(=O)N1CCC(NC(=NCCn2cnnc2CC)NC(C)CCCC(C)C)CC1.I. The van der Waals surface area contributed by atoms with Crippen LogP contribution in [0.5, 0.6) is 0 Å². The summed E-state index contributed by atoms with van der Waals surface area (Å²) < 4.78 is 7.19. The lowest BCUT2D eigenvalue weighted by Gasteiger charge is -2.33. The summed E-state index contributed by atoms with van der Waals surface area (Å²) in [7, 11) is 0. The first-order chi connectivity index (χ1) is 15.4. The normalized spacial score (nSPS) is 15.8. The molecule has 0 saturated carbocycles. The predicted octanol–water partition coefficient (Wildman–Crippen LogP) is 3.83. The summed E-state index contributed by atoms with van der Waals surface area (Å²) in [5, 5.41) is 15.4. The molecule has 0 aliphatic carbocycles. The van der Waals surface area contributed by atoms with Gasteiger partial charge in [0.25, 0.3) is 0 Å². The predicted molar refractivity (Wildman–Crippen MR) is 143 cm³/mol. The molecule has 1 aromatic heterocycles. The van der Waals surface area contributed by atoms with Crippen molar-refractivity contribution in [2.75, 3.05) is 26.2 Å². The Morgan fingerprint density at radius 3 is 2.61 bits per heavy atom. The van der Waals surface area contributed by atoms with Gasteiger partial charge in [-0.1, -0.05) is 33.6 Å². The van der Waals surface area contributed by atoms with Gasteiger partial charge in [-0.2, -0.15) is 0 Å². The molecule has 1 aliphatic rings. The van der Waals surface area contributed by atoms with Gasteiger partial charge in [0.05, 0.1) is 13.2 Å². The first-order valence-corrected chi connectivity index (χ1v) is 12.3. The van der Waals surface area contributed by atoms with Gasteiger partial charge in [-0.3, -0.25) is 4.99 Å². The smallest absolute Gasteiger partial charge is 0.409 e. The summed E-state index contributed by atoms with van der Waals surface area (Å²) in [5.74, 6) is 2.56. The summed E-state index contributed by atoms with van der Waals surface area (Å²) in [4.78, 5) is 18.6. The zero-order chi connectivity index (χ0) is 23.3. The van der Waals surface area contributed by atoms with E-state index in [1.165, 1.54) is 12.8 Å². The second-order valence-electron chi connectivity index (χ2n) is 9.00. The second kappa shape index (κ2) is 16.1. The van der Waals surface area contributed by atoms with Gasteiger partial charge in [0, 0.05) is 38.1 Å². The average Bonchev–Trinajstić information content (AvgIpc) is 3.21. The van der Waals surface area contributed by atoms with Crippen LogP contribution in [0.25, 0.3) is 0 Å². The molecule has 190 valence electrons. The van der Waals surface area contributed by atoms with Crippen LogP contribution in [-0.2, 0) is 17.7 Å². The van der Waals surface area contributed by atoms with Crippen LogP contribution in [0.1, 0.15) is 72.5 Å². The third-order valence-corrected chi connectivity index (χ3v) is 5.79. The van der Waals surface area contributed by atoms with Gasteiger partial charge in [0.1, 0.15) is 12.2 Å². The molecule has 0 radical (unpaired) electrons. The van der Waals surface area contributed by atoms with E-state index in [0.29, 0.717) is 32.3 Å². The maximum absolute atomic E-state index is 12.0. The molecule has 33 heavy (non-hydrogen) atoms. The Kier molecular flexibility index (Phi) is 14.4. The highest BCUT2D eigenvalue weighted by Crippen LogP contribution is 2.12. The quantitative estimate of drug-likeness (QED) is 0.236. The summed E-state index contributed by atoms with van der Waals surface area (Å²) in [6.07, 6.45) is 7.75. The minimum atomic E-state index is -0.211. The van der Waals surface area contributed by atoms with Crippen molar-refractivity contribution in [3.63, 3.8) is 0 Å². The van der Waals surface area contributed by atoms with Crippen LogP contribution < -0.4 is 10.6 Å². The lowest BCUT2D eigenvalue weighted by molar-refractivity contribution is 0.0963.